The minimum absolute atomic E-state index is 0.485. The smallest absolute Gasteiger partial charge is 0.0953 e. The molecule has 0 unspecified atom stereocenters. The molecular formula is C12H19N5. The minimum Gasteiger partial charge on any atom is -0.333 e. The fourth-order valence-electron chi connectivity index (χ4n) is 1.66. The van der Waals surface area contributed by atoms with Crippen LogP contribution >= 0.6 is 0 Å². The molecule has 1 N–H and O–H groups in total. The van der Waals surface area contributed by atoms with Gasteiger partial charge in [-0.05, 0) is 0 Å². The van der Waals surface area contributed by atoms with Crippen LogP contribution in [0.3, 0.4) is 0 Å². The summed E-state index contributed by atoms with van der Waals surface area (Å²) in [4.78, 5) is 4.36. The molecule has 0 aliphatic rings. The Balaban J connectivity index is 1.94. The highest BCUT2D eigenvalue weighted by atomic mass is 15.2. The standard InChI is InChI=1S/C12H19N5/c1-10(2)13-5-12-8-17(9-14-12)7-11-4-15-16(3)6-11/h4,6,8-10,13H,5,7H2,1-3H3. The Kier molecular flexibility index (Phi) is 3.58. The number of rotatable bonds is 5. The van der Waals surface area contributed by atoms with Crippen molar-refractivity contribution in [3.63, 3.8) is 0 Å². The van der Waals surface area contributed by atoms with Crippen LogP contribution in [0.1, 0.15) is 25.1 Å². The third kappa shape index (κ3) is 3.42. The van der Waals surface area contributed by atoms with E-state index in [0.717, 1.165) is 18.8 Å². The van der Waals surface area contributed by atoms with E-state index in [2.05, 4.69) is 40.0 Å². The van der Waals surface area contributed by atoms with Crippen LogP contribution < -0.4 is 5.32 Å². The number of aryl methyl sites for hydroxylation is 1. The van der Waals surface area contributed by atoms with Gasteiger partial charge in [0, 0.05) is 37.6 Å². The molecule has 5 nitrogen and oxygen atoms in total. The Morgan fingerprint density at radius 3 is 2.82 bits per heavy atom. The molecule has 0 aromatic carbocycles. The molecule has 0 atom stereocenters. The van der Waals surface area contributed by atoms with Crippen molar-refractivity contribution in [3.05, 3.63) is 36.2 Å². The van der Waals surface area contributed by atoms with Crippen LogP contribution in [0.5, 0.6) is 0 Å². The van der Waals surface area contributed by atoms with E-state index in [1.807, 2.05) is 30.5 Å². The van der Waals surface area contributed by atoms with Crippen molar-refractivity contribution < 1.29 is 0 Å². The van der Waals surface area contributed by atoms with Gasteiger partial charge in [-0.3, -0.25) is 4.68 Å². The summed E-state index contributed by atoms with van der Waals surface area (Å²) in [5, 5.41) is 7.50. The monoisotopic (exact) mass is 233 g/mol. The second-order valence-electron chi connectivity index (χ2n) is 4.60. The summed E-state index contributed by atoms with van der Waals surface area (Å²) in [6.45, 7) is 5.90. The van der Waals surface area contributed by atoms with Gasteiger partial charge in [0.2, 0.25) is 0 Å². The van der Waals surface area contributed by atoms with Crippen LogP contribution in [-0.4, -0.2) is 25.4 Å². The maximum atomic E-state index is 4.36. The van der Waals surface area contributed by atoms with Gasteiger partial charge < -0.3 is 9.88 Å². The topological polar surface area (TPSA) is 47.7 Å². The zero-order chi connectivity index (χ0) is 12.3. The molecule has 5 heteroatoms. The minimum atomic E-state index is 0.485. The van der Waals surface area contributed by atoms with Crippen LogP contribution in [0, 0.1) is 0 Å². The van der Waals surface area contributed by atoms with Crippen molar-refractivity contribution in [1.82, 2.24) is 24.6 Å². The Morgan fingerprint density at radius 2 is 2.18 bits per heavy atom. The summed E-state index contributed by atoms with van der Waals surface area (Å²) >= 11 is 0. The van der Waals surface area contributed by atoms with Crippen molar-refractivity contribution in [2.45, 2.75) is 33.0 Å². The summed E-state index contributed by atoms with van der Waals surface area (Å²) < 4.78 is 3.89. The highest BCUT2D eigenvalue weighted by Gasteiger charge is 2.02. The van der Waals surface area contributed by atoms with Gasteiger partial charge in [-0.2, -0.15) is 5.10 Å². The average Bonchev–Trinajstić information content (AvgIpc) is 2.86. The van der Waals surface area contributed by atoms with Gasteiger partial charge in [0.05, 0.1) is 24.8 Å². The number of hydrogen-bond donors (Lipinski definition) is 1. The van der Waals surface area contributed by atoms with E-state index >= 15 is 0 Å². The lowest BCUT2D eigenvalue weighted by Gasteiger charge is -2.04. The largest absolute Gasteiger partial charge is 0.333 e. The maximum Gasteiger partial charge on any atom is 0.0953 e. The van der Waals surface area contributed by atoms with Crippen LogP contribution in [0.25, 0.3) is 0 Å². The second kappa shape index (κ2) is 5.14. The van der Waals surface area contributed by atoms with Gasteiger partial charge in [0.15, 0.2) is 0 Å². The van der Waals surface area contributed by atoms with E-state index in [-0.39, 0.29) is 0 Å². The van der Waals surface area contributed by atoms with Crippen LogP contribution in [-0.2, 0) is 20.1 Å². The predicted molar refractivity (Wildman–Crippen MR) is 66.5 cm³/mol. The van der Waals surface area contributed by atoms with Crippen molar-refractivity contribution in [2.24, 2.45) is 7.05 Å². The molecule has 0 spiro atoms. The normalized spacial score (nSPS) is 11.3. The van der Waals surface area contributed by atoms with E-state index < -0.39 is 0 Å². The number of nitrogens with zero attached hydrogens (tertiary/aromatic N) is 4. The summed E-state index contributed by atoms with van der Waals surface area (Å²) in [5.74, 6) is 0. The molecule has 2 heterocycles. The van der Waals surface area contributed by atoms with Gasteiger partial charge in [-0.25, -0.2) is 4.98 Å². The molecule has 0 radical (unpaired) electrons. The molecule has 0 saturated carbocycles. The quantitative estimate of drug-likeness (QED) is 0.843. The van der Waals surface area contributed by atoms with Gasteiger partial charge in [-0.15, -0.1) is 0 Å². The lowest BCUT2D eigenvalue weighted by Crippen LogP contribution is -2.21. The lowest BCUT2D eigenvalue weighted by atomic mass is 10.3. The molecule has 2 rings (SSSR count). The van der Waals surface area contributed by atoms with Gasteiger partial charge in [0.25, 0.3) is 0 Å². The van der Waals surface area contributed by atoms with Crippen LogP contribution in [0.4, 0.5) is 0 Å². The van der Waals surface area contributed by atoms with Crippen molar-refractivity contribution >= 4 is 0 Å². The molecular weight excluding hydrogens is 214 g/mol. The highest BCUT2D eigenvalue weighted by Crippen LogP contribution is 2.03. The van der Waals surface area contributed by atoms with Crippen LogP contribution in [0.15, 0.2) is 24.9 Å². The first kappa shape index (κ1) is 11.9. The number of aromatic nitrogens is 4. The van der Waals surface area contributed by atoms with Gasteiger partial charge in [0.1, 0.15) is 0 Å². The Morgan fingerprint density at radius 1 is 1.35 bits per heavy atom. The van der Waals surface area contributed by atoms with Gasteiger partial charge >= 0.3 is 0 Å². The number of hydrogen-bond acceptors (Lipinski definition) is 3. The molecule has 0 aliphatic carbocycles. The molecule has 0 bridgehead atoms. The fraction of sp³-hybridized carbons (Fsp3) is 0.500. The number of nitrogens with one attached hydrogen (secondary N) is 1. The fourth-order valence-corrected chi connectivity index (χ4v) is 1.66. The Labute approximate surface area is 101 Å². The van der Waals surface area contributed by atoms with Crippen molar-refractivity contribution in [3.8, 4) is 0 Å². The lowest BCUT2D eigenvalue weighted by molar-refractivity contribution is 0.582. The second-order valence-corrected chi connectivity index (χ2v) is 4.60. The molecule has 0 fully saturated rings. The van der Waals surface area contributed by atoms with E-state index in [4.69, 9.17) is 0 Å². The third-order valence-electron chi connectivity index (χ3n) is 2.50. The first-order valence-corrected chi connectivity index (χ1v) is 5.85. The van der Waals surface area contributed by atoms with Gasteiger partial charge in [-0.1, -0.05) is 13.8 Å². The third-order valence-corrected chi connectivity index (χ3v) is 2.50. The Bertz CT molecular complexity index is 469. The molecule has 2 aromatic heterocycles. The average molecular weight is 233 g/mol. The van der Waals surface area contributed by atoms with E-state index in [9.17, 15) is 0 Å². The first-order valence-electron chi connectivity index (χ1n) is 5.85. The molecule has 2 aromatic rings. The van der Waals surface area contributed by atoms with Crippen LogP contribution in [0.2, 0.25) is 0 Å². The molecule has 0 saturated heterocycles. The predicted octanol–water partition coefficient (Wildman–Crippen LogP) is 1.16. The maximum absolute atomic E-state index is 4.36. The first-order chi connectivity index (χ1) is 8.13. The zero-order valence-electron chi connectivity index (χ0n) is 10.6. The molecule has 0 aliphatic heterocycles. The SMILES string of the molecule is CC(C)NCc1cn(Cc2cnn(C)c2)cn1. The van der Waals surface area contributed by atoms with E-state index in [1.165, 1.54) is 5.56 Å². The van der Waals surface area contributed by atoms with Crippen molar-refractivity contribution in [2.75, 3.05) is 0 Å². The summed E-state index contributed by atoms with van der Waals surface area (Å²) in [6, 6.07) is 0.485. The number of imidazole rings is 1. The summed E-state index contributed by atoms with van der Waals surface area (Å²) in [5.41, 5.74) is 2.26. The van der Waals surface area contributed by atoms with E-state index in [0.29, 0.717) is 6.04 Å². The molecule has 17 heavy (non-hydrogen) atoms. The summed E-state index contributed by atoms with van der Waals surface area (Å²) in [7, 11) is 1.93. The Hall–Kier alpha value is -1.62. The molecule has 0 amide bonds. The van der Waals surface area contributed by atoms with E-state index in [1.54, 1.807) is 0 Å². The zero-order valence-corrected chi connectivity index (χ0v) is 10.6. The van der Waals surface area contributed by atoms with Crippen molar-refractivity contribution in [1.29, 1.82) is 0 Å². The molecule has 92 valence electrons. The highest BCUT2D eigenvalue weighted by molar-refractivity contribution is 5.06. The summed E-state index contributed by atoms with van der Waals surface area (Å²) in [6.07, 6.45) is 7.84.